The topological polar surface area (TPSA) is 77.6 Å². The summed E-state index contributed by atoms with van der Waals surface area (Å²) in [5.41, 5.74) is 4.25. The number of benzene rings is 1. The third kappa shape index (κ3) is 4.38. The van der Waals surface area contributed by atoms with Gasteiger partial charge < -0.3 is 5.32 Å². The number of hydrogen-bond donors (Lipinski definition) is 1. The lowest BCUT2D eigenvalue weighted by molar-refractivity contribution is -0.137. The minimum absolute atomic E-state index is 0.126. The molecule has 0 aliphatic heterocycles. The van der Waals surface area contributed by atoms with Gasteiger partial charge in [0.15, 0.2) is 5.82 Å². The number of rotatable bonds is 6. The normalized spacial score (nSPS) is 13.3. The van der Waals surface area contributed by atoms with Crippen LogP contribution >= 0.6 is 0 Å². The van der Waals surface area contributed by atoms with Crippen molar-refractivity contribution in [3.63, 3.8) is 0 Å². The third-order valence-electron chi connectivity index (χ3n) is 6.32. The molecule has 0 radical (unpaired) electrons. The fraction of sp³-hybridized carbons (Fsp3) is 0.308. The van der Waals surface area contributed by atoms with Crippen molar-refractivity contribution < 1.29 is 18.0 Å². The van der Waals surface area contributed by atoms with E-state index >= 15 is 0 Å². The summed E-state index contributed by atoms with van der Waals surface area (Å²) in [6.45, 7) is 4.05. The predicted octanol–water partition coefficient (Wildman–Crippen LogP) is 5.01. The number of amides is 1. The van der Waals surface area contributed by atoms with Gasteiger partial charge in [0.25, 0.3) is 5.91 Å². The molecule has 1 aromatic carbocycles. The maximum absolute atomic E-state index is 13.2. The average Bonchev–Trinajstić information content (AvgIpc) is 3.58. The van der Waals surface area contributed by atoms with E-state index in [0.717, 1.165) is 42.9 Å². The van der Waals surface area contributed by atoms with Gasteiger partial charge in [0.05, 0.1) is 40.9 Å². The van der Waals surface area contributed by atoms with E-state index in [0.29, 0.717) is 11.3 Å². The van der Waals surface area contributed by atoms with E-state index in [2.05, 4.69) is 15.4 Å². The fourth-order valence-electron chi connectivity index (χ4n) is 4.65. The molecule has 1 aliphatic carbocycles. The van der Waals surface area contributed by atoms with Crippen molar-refractivity contribution >= 4 is 5.91 Å². The summed E-state index contributed by atoms with van der Waals surface area (Å²) in [6, 6.07) is 12.1. The molecule has 0 fully saturated rings. The summed E-state index contributed by atoms with van der Waals surface area (Å²) in [4.78, 5) is 17.1. The number of alkyl halides is 3. The predicted molar refractivity (Wildman–Crippen MR) is 127 cm³/mol. The molecule has 3 aromatic heterocycles. The zero-order chi connectivity index (χ0) is 25.4. The first-order chi connectivity index (χ1) is 17.2. The van der Waals surface area contributed by atoms with Crippen molar-refractivity contribution in [1.29, 1.82) is 0 Å². The van der Waals surface area contributed by atoms with E-state index in [-0.39, 0.29) is 24.2 Å². The van der Waals surface area contributed by atoms with Gasteiger partial charge >= 0.3 is 6.18 Å². The highest BCUT2D eigenvalue weighted by Crippen LogP contribution is 2.30. The van der Waals surface area contributed by atoms with Gasteiger partial charge in [0, 0.05) is 11.9 Å². The molecule has 5 rings (SSSR count). The van der Waals surface area contributed by atoms with Crippen LogP contribution in [0.15, 0.2) is 54.9 Å². The lowest BCUT2D eigenvalue weighted by Crippen LogP contribution is -2.25. The largest absolute Gasteiger partial charge is 0.417 e. The first-order valence-electron chi connectivity index (χ1n) is 11.8. The maximum atomic E-state index is 13.2. The van der Waals surface area contributed by atoms with Gasteiger partial charge in [-0.05, 0) is 55.0 Å². The molecule has 0 unspecified atom stereocenters. The van der Waals surface area contributed by atoms with Crippen LogP contribution in [-0.2, 0) is 25.6 Å². The summed E-state index contributed by atoms with van der Waals surface area (Å²) in [6.07, 6.45) is 0.625. The van der Waals surface area contributed by atoms with E-state index in [1.54, 1.807) is 0 Å². The molecule has 1 aliphatic rings. The molecule has 3 heterocycles. The minimum Gasteiger partial charge on any atom is -0.346 e. The van der Waals surface area contributed by atoms with Crippen molar-refractivity contribution in [2.45, 2.75) is 51.7 Å². The van der Waals surface area contributed by atoms with Crippen LogP contribution in [0.5, 0.6) is 0 Å². The molecule has 1 N–H and O–H groups in total. The summed E-state index contributed by atoms with van der Waals surface area (Å²) >= 11 is 0. The molecule has 4 aromatic rings. The number of pyridine rings is 1. The molecular formula is C26H25F3N6O. The minimum atomic E-state index is -4.48. The SMILES string of the molecule is CC(C)c1c(C(=O)NCc2nn(-c3ccccc3)c3c2CCC3)cnn1-c1ccc(C(F)(F)F)cn1. The van der Waals surface area contributed by atoms with Gasteiger partial charge in [-0.1, -0.05) is 32.0 Å². The lowest BCUT2D eigenvalue weighted by atomic mass is 10.1. The van der Waals surface area contributed by atoms with Crippen LogP contribution in [-0.4, -0.2) is 30.5 Å². The van der Waals surface area contributed by atoms with Crippen LogP contribution in [0.3, 0.4) is 0 Å². The second-order valence-electron chi connectivity index (χ2n) is 9.07. The highest BCUT2D eigenvalue weighted by molar-refractivity contribution is 5.95. The van der Waals surface area contributed by atoms with Gasteiger partial charge in [0.2, 0.25) is 0 Å². The van der Waals surface area contributed by atoms with Crippen molar-refractivity contribution in [3.8, 4) is 11.5 Å². The first-order valence-corrected chi connectivity index (χ1v) is 11.8. The molecule has 0 saturated heterocycles. The van der Waals surface area contributed by atoms with Crippen LogP contribution in [0, 0.1) is 0 Å². The van der Waals surface area contributed by atoms with E-state index in [1.165, 1.54) is 28.2 Å². The summed E-state index contributed by atoms with van der Waals surface area (Å²) in [5.74, 6) is -0.234. The summed E-state index contributed by atoms with van der Waals surface area (Å²) in [7, 11) is 0. The summed E-state index contributed by atoms with van der Waals surface area (Å²) < 4.78 is 42.1. The van der Waals surface area contributed by atoms with Crippen LogP contribution in [0.2, 0.25) is 0 Å². The third-order valence-corrected chi connectivity index (χ3v) is 6.32. The van der Waals surface area contributed by atoms with Crippen LogP contribution in [0.1, 0.15) is 64.8 Å². The molecule has 1 amide bonds. The van der Waals surface area contributed by atoms with Gasteiger partial charge in [-0.25, -0.2) is 14.3 Å². The smallest absolute Gasteiger partial charge is 0.346 e. The molecule has 10 heteroatoms. The zero-order valence-electron chi connectivity index (χ0n) is 19.9. The van der Waals surface area contributed by atoms with Crippen LogP contribution in [0.25, 0.3) is 11.5 Å². The number of aromatic nitrogens is 5. The highest BCUT2D eigenvalue weighted by Gasteiger charge is 2.31. The molecule has 0 saturated carbocycles. The van der Waals surface area contributed by atoms with Gasteiger partial charge in [-0.2, -0.15) is 23.4 Å². The Kier molecular flexibility index (Phi) is 6.11. The van der Waals surface area contributed by atoms with E-state index in [4.69, 9.17) is 5.10 Å². The number of halogens is 3. The Labute approximate surface area is 206 Å². The Hall–Kier alpha value is -3.95. The Morgan fingerprint density at radius 1 is 1.06 bits per heavy atom. The maximum Gasteiger partial charge on any atom is 0.417 e. The molecular weight excluding hydrogens is 469 g/mol. The van der Waals surface area contributed by atoms with Crippen LogP contribution < -0.4 is 5.32 Å². The summed E-state index contributed by atoms with van der Waals surface area (Å²) in [5, 5.41) is 12.0. The van der Waals surface area contributed by atoms with Gasteiger partial charge in [0.1, 0.15) is 0 Å². The van der Waals surface area contributed by atoms with Crippen LogP contribution in [0.4, 0.5) is 13.2 Å². The Morgan fingerprint density at radius 3 is 2.50 bits per heavy atom. The number of nitrogens with zero attached hydrogens (tertiary/aromatic N) is 5. The number of carbonyl (C=O) groups is 1. The van der Waals surface area contributed by atoms with Crippen molar-refractivity contribution in [2.24, 2.45) is 0 Å². The molecule has 0 bridgehead atoms. The second kappa shape index (κ2) is 9.25. The quantitative estimate of drug-likeness (QED) is 0.409. The molecule has 0 atom stereocenters. The van der Waals surface area contributed by atoms with Crippen molar-refractivity contribution in [3.05, 3.63) is 88.6 Å². The molecule has 7 nitrogen and oxygen atoms in total. The number of fused-ring (bicyclic) bond motifs is 1. The monoisotopic (exact) mass is 494 g/mol. The standard InChI is InChI=1S/C26H25F3N6O/c1-16(2)24-20(14-32-35(24)23-12-11-17(13-30-23)26(27,28)29)25(36)31-15-21-19-9-6-10-22(19)34(33-21)18-7-4-3-5-8-18/h3-5,7-8,11-14,16H,6,9-10,15H2,1-2H3,(H,31,36). The number of nitrogens with one attached hydrogen (secondary N) is 1. The van der Waals surface area contributed by atoms with E-state index in [1.807, 2.05) is 48.9 Å². The number of hydrogen-bond acceptors (Lipinski definition) is 4. The Morgan fingerprint density at radius 2 is 1.83 bits per heavy atom. The van der Waals surface area contributed by atoms with E-state index in [9.17, 15) is 18.0 Å². The Bertz CT molecular complexity index is 1390. The van der Waals surface area contributed by atoms with Gasteiger partial charge in [-0.3, -0.25) is 4.79 Å². The second-order valence-corrected chi connectivity index (χ2v) is 9.07. The zero-order valence-corrected chi connectivity index (χ0v) is 19.9. The molecule has 186 valence electrons. The average molecular weight is 495 g/mol. The fourth-order valence-corrected chi connectivity index (χ4v) is 4.65. The Balaban J connectivity index is 1.39. The highest BCUT2D eigenvalue weighted by atomic mass is 19.4. The number of para-hydroxylation sites is 1. The van der Waals surface area contributed by atoms with Gasteiger partial charge in [-0.15, -0.1) is 0 Å². The van der Waals surface area contributed by atoms with E-state index < -0.39 is 11.7 Å². The van der Waals surface area contributed by atoms with Crippen molar-refractivity contribution in [1.82, 2.24) is 29.9 Å². The first kappa shape index (κ1) is 23.8. The number of carbonyl (C=O) groups excluding carboxylic acids is 1. The lowest BCUT2D eigenvalue weighted by Gasteiger charge is -2.13. The molecule has 36 heavy (non-hydrogen) atoms. The molecule has 0 spiro atoms. The van der Waals surface area contributed by atoms with Crippen molar-refractivity contribution in [2.75, 3.05) is 0 Å².